The minimum atomic E-state index is -3.22. The number of benzene rings is 2. The average molecular weight is 324 g/mol. The maximum atomic E-state index is 12.1. The van der Waals surface area contributed by atoms with Gasteiger partial charge in [0.1, 0.15) is 5.75 Å². The topological polar surface area (TPSA) is 55.4 Å². The Hall–Kier alpha value is -1.72. The average Bonchev–Trinajstić information content (AvgIpc) is 2.73. The summed E-state index contributed by atoms with van der Waals surface area (Å²) in [4.78, 5) is 0.406. The van der Waals surface area contributed by atoms with Crippen LogP contribution in [0.5, 0.6) is 5.75 Å². The fourth-order valence-electron chi connectivity index (χ4n) is 2.52. The van der Waals surface area contributed by atoms with Gasteiger partial charge in [-0.3, -0.25) is 0 Å². The first-order chi connectivity index (χ1) is 10.0. The summed E-state index contributed by atoms with van der Waals surface area (Å²) in [5, 5.41) is 3.75. The largest absolute Gasteiger partial charge is 0.495 e. The maximum Gasteiger partial charge on any atom is 0.181 e. The van der Waals surface area contributed by atoms with Gasteiger partial charge in [-0.05, 0) is 23.8 Å². The molecule has 1 aliphatic rings. The zero-order valence-electron chi connectivity index (χ0n) is 11.3. The Bertz CT molecular complexity index is 789. The van der Waals surface area contributed by atoms with Gasteiger partial charge in [0.15, 0.2) is 9.84 Å². The number of halogens is 1. The van der Waals surface area contributed by atoms with E-state index in [1.165, 1.54) is 0 Å². The summed E-state index contributed by atoms with van der Waals surface area (Å²) >= 11 is 5.99. The highest BCUT2D eigenvalue weighted by Gasteiger charge is 2.34. The molecule has 0 aliphatic carbocycles. The second kappa shape index (κ2) is 5.24. The number of hydrogen-bond acceptors (Lipinski definition) is 4. The number of hydrogen-bond donors (Lipinski definition) is 1. The maximum absolute atomic E-state index is 12.1. The van der Waals surface area contributed by atoms with Crippen LogP contribution in [0.2, 0.25) is 5.02 Å². The van der Waals surface area contributed by atoms with Gasteiger partial charge in [-0.15, -0.1) is 0 Å². The molecule has 110 valence electrons. The third kappa shape index (κ3) is 2.59. The Morgan fingerprint density at radius 3 is 2.76 bits per heavy atom. The molecule has 6 heteroatoms. The number of rotatable bonds is 3. The minimum absolute atomic E-state index is 0.0529. The van der Waals surface area contributed by atoms with E-state index in [4.69, 9.17) is 16.3 Å². The van der Waals surface area contributed by atoms with Gasteiger partial charge in [-0.25, -0.2) is 8.42 Å². The van der Waals surface area contributed by atoms with E-state index < -0.39 is 9.84 Å². The Labute approximate surface area is 128 Å². The van der Waals surface area contributed by atoms with Crippen molar-refractivity contribution in [3.63, 3.8) is 0 Å². The predicted octanol–water partition coefficient (Wildman–Crippen LogP) is 3.29. The number of anilines is 1. The molecule has 0 fully saturated rings. The third-order valence-electron chi connectivity index (χ3n) is 3.51. The molecule has 1 aliphatic heterocycles. The van der Waals surface area contributed by atoms with E-state index in [9.17, 15) is 8.42 Å². The fourth-order valence-corrected chi connectivity index (χ4v) is 4.45. The van der Waals surface area contributed by atoms with Crippen LogP contribution in [0.4, 0.5) is 5.69 Å². The molecule has 0 spiro atoms. The third-order valence-corrected chi connectivity index (χ3v) is 5.63. The van der Waals surface area contributed by atoms with Crippen LogP contribution in [-0.2, 0) is 9.84 Å². The molecule has 0 amide bonds. The monoisotopic (exact) mass is 323 g/mol. The lowest BCUT2D eigenvalue weighted by Crippen LogP contribution is -2.12. The molecule has 0 saturated heterocycles. The molecule has 1 heterocycles. The number of nitrogens with one attached hydrogen (secondary N) is 1. The molecule has 0 bridgehead atoms. The minimum Gasteiger partial charge on any atom is -0.495 e. The van der Waals surface area contributed by atoms with Crippen LogP contribution >= 0.6 is 11.6 Å². The van der Waals surface area contributed by atoms with Crippen molar-refractivity contribution in [1.82, 2.24) is 0 Å². The quantitative estimate of drug-likeness (QED) is 0.941. The molecule has 0 radical (unpaired) electrons. The van der Waals surface area contributed by atoms with Gasteiger partial charge in [-0.2, -0.15) is 0 Å². The summed E-state index contributed by atoms with van der Waals surface area (Å²) in [5.41, 5.74) is 1.57. The van der Waals surface area contributed by atoms with Gasteiger partial charge < -0.3 is 10.1 Å². The SMILES string of the molecule is COc1cc(NC2CS(=O)(=O)c3ccccc32)ccc1Cl. The van der Waals surface area contributed by atoms with Crippen molar-refractivity contribution in [2.24, 2.45) is 0 Å². The van der Waals surface area contributed by atoms with Crippen LogP contribution in [0.3, 0.4) is 0 Å². The summed E-state index contributed by atoms with van der Waals surface area (Å²) < 4.78 is 29.5. The Kier molecular flexibility index (Phi) is 3.55. The van der Waals surface area contributed by atoms with Gasteiger partial charge >= 0.3 is 0 Å². The van der Waals surface area contributed by atoms with Crippen molar-refractivity contribution in [3.8, 4) is 5.75 Å². The lowest BCUT2D eigenvalue weighted by molar-refractivity contribution is 0.415. The van der Waals surface area contributed by atoms with E-state index in [2.05, 4.69) is 5.32 Å². The summed E-state index contributed by atoms with van der Waals surface area (Å²) in [6, 6.07) is 12.1. The number of ether oxygens (including phenoxy) is 1. The van der Waals surface area contributed by atoms with E-state index >= 15 is 0 Å². The fraction of sp³-hybridized carbons (Fsp3) is 0.200. The molecule has 21 heavy (non-hydrogen) atoms. The molecule has 0 aromatic heterocycles. The van der Waals surface area contributed by atoms with Gasteiger partial charge in [0.05, 0.1) is 28.8 Å². The molecule has 2 aromatic carbocycles. The smallest absolute Gasteiger partial charge is 0.181 e. The summed E-state index contributed by atoms with van der Waals surface area (Å²) in [6.45, 7) is 0. The van der Waals surface area contributed by atoms with Crippen molar-refractivity contribution in [2.75, 3.05) is 18.2 Å². The molecule has 1 N–H and O–H groups in total. The Morgan fingerprint density at radius 2 is 2.00 bits per heavy atom. The molecular weight excluding hydrogens is 310 g/mol. The van der Waals surface area contributed by atoms with Crippen molar-refractivity contribution >= 4 is 27.1 Å². The standard InChI is InChI=1S/C15H14ClNO3S/c1-20-14-8-10(6-7-12(14)16)17-13-9-21(18,19)15-5-3-2-4-11(13)15/h2-8,13,17H,9H2,1H3. The highest BCUT2D eigenvalue weighted by Crippen LogP contribution is 2.36. The first-order valence-electron chi connectivity index (χ1n) is 6.43. The van der Waals surface area contributed by atoms with Crippen LogP contribution in [0, 0.1) is 0 Å². The summed E-state index contributed by atoms with van der Waals surface area (Å²) in [7, 11) is -1.68. The molecule has 0 saturated carbocycles. The van der Waals surface area contributed by atoms with E-state index in [1.54, 1.807) is 37.4 Å². The molecule has 3 rings (SSSR count). The molecule has 2 aromatic rings. The zero-order valence-corrected chi connectivity index (χ0v) is 12.9. The number of sulfone groups is 1. The Balaban J connectivity index is 1.94. The first kappa shape index (κ1) is 14.2. The van der Waals surface area contributed by atoms with E-state index in [1.807, 2.05) is 12.1 Å². The van der Waals surface area contributed by atoms with Gasteiger partial charge in [0.2, 0.25) is 0 Å². The summed E-state index contributed by atoms with van der Waals surface area (Å²) in [6.07, 6.45) is 0. The second-order valence-corrected chi connectivity index (χ2v) is 7.28. The van der Waals surface area contributed by atoms with Crippen LogP contribution in [0.1, 0.15) is 11.6 Å². The number of methoxy groups -OCH3 is 1. The molecule has 1 atom stereocenters. The van der Waals surface area contributed by atoms with Gasteiger partial charge in [0, 0.05) is 11.8 Å². The number of fused-ring (bicyclic) bond motifs is 1. The van der Waals surface area contributed by atoms with E-state index in [-0.39, 0.29) is 11.8 Å². The molecule has 4 nitrogen and oxygen atoms in total. The van der Waals surface area contributed by atoms with Crippen LogP contribution in [-0.4, -0.2) is 21.3 Å². The highest BCUT2D eigenvalue weighted by atomic mass is 35.5. The van der Waals surface area contributed by atoms with Gasteiger partial charge in [0.25, 0.3) is 0 Å². The van der Waals surface area contributed by atoms with Crippen LogP contribution in [0.25, 0.3) is 0 Å². The van der Waals surface area contributed by atoms with Crippen molar-refractivity contribution in [3.05, 3.63) is 53.1 Å². The van der Waals surface area contributed by atoms with Crippen molar-refractivity contribution < 1.29 is 13.2 Å². The highest BCUT2D eigenvalue weighted by molar-refractivity contribution is 7.91. The van der Waals surface area contributed by atoms with Crippen molar-refractivity contribution in [2.45, 2.75) is 10.9 Å². The molecule has 1 unspecified atom stereocenters. The lowest BCUT2D eigenvalue weighted by atomic mass is 10.1. The van der Waals surface area contributed by atoms with Gasteiger partial charge in [-0.1, -0.05) is 29.8 Å². The lowest BCUT2D eigenvalue weighted by Gasteiger charge is -2.15. The summed E-state index contributed by atoms with van der Waals surface area (Å²) in [5.74, 6) is 0.605. The van der Waals surface area contributed by atoms with E-state index in [0.29, 0.717) is 15.7 Å². The van der Waals surface area contributed by atoms with Crippen LogP contribution < -0.4 is 10.1 Å². The molecular formula is C15H14ClNO3S. The van der Waals surface area contributed by atoms with Crippen molar-refractivity contribution in [1.29, 1.82) is 0 Å². The zero-order chi connectivity index (χ0) is 15.0. The van der Waals surface area contributed by atoms with Crippen LogP contribution in [0.15, 0.2) is 47.4 Å². The predicted molar refractivity (Wildman–Crippen MR) is 82.9 cm³/mol. The normalized spacial score (nSPS) is 19.0. The Morgan fingerprint density at radius 1 is 1.24 bits per heavy atom. The second-order valence-electron chi connectivity index (χ2n) is 4.87. The first-order valence-corrected chi connectivity index (χ1v) is 8.46. The van der Waals surface area contributed by atoms with E-state index in [0.717, 1.165) is 11.3 Å².